The molecule has 0 bridgehead atoms. The highest BCUT2D eigenvalue weighted by molar-refractivity contribution is 5.31. The lowest BCUT2D eigenvalue weighted by Crippen LogP contribution is -2.24. The highest BCUT2D eigenvalue weighted by Gasteiger charge is 2.31. The minimum atomic E-state index is -0.622. The molecular weight excluding hydrogens is 236 g/mol. The zero-order chi connectivity index (χ0) is 13.3. The molecule has 2 unspecified atom stereocenters. The third kappa shape index (κ3) is 3.11. The average Bonchev–Trinajstić information content (AvgIpc) is 3.21. The zero-order valence-electron chi connectivity index (χ0n) is 11.8. The quantitative estimate of drug-likeness (QED) is 0.832. The van der Waals surface area contributed by atoms with Gasteiger partial charge >= 0.3 is 0 Å². The summed E-state index contributed by atoms with van der Waals surface area (Å²) in [7, 11) is 0. The van der Waals surface area contributed by atoms with Crippen molar-refractivity contribution in [1.82, 2.24) is 0 Å². The van der Waals surface area contributed by atoms with E-state index in [4.69, 9.17) is 4.74 Å². The van der Waals surface area contributed by atoms with E-state index in [-0.39, 0.29) is 0 Å². The second kappa shape index (κ2) is 5.16. The fourth-order valence-corrected chi connectivity index (χ4v) is 3.01. The van der Waals surface area contributed by atoms with Crippen LogP contribution < -0.4 is 4.74 Å². The number of ether oxygens (including phenoxy) is 1. The third-order valence-corrected chi connectivity index (χ3v) is 4.56. The summed E-state index contributed by atoms with van der Waals surface area (Å²) in [6.07, 6.45) is 8.07. The van der Waals surface area contributed by atoms with Gasteiger partial charge in [-0.25, -0.2) is 0 Å². The van der Waals surface area contributed by atoms with Crippen molar-refractivity contribution in [3.63, 3.8) is 0 Å². The van der Waals surface area contributed by atoms with E-state index < -0.39 is 5.60 Å². The van der Waals surface area contributed by atoms with Crippen LogP contribution in [0.3, 0.4) is 0 Å². The first-order valence-electron chi connectivity index (χ1n) is 7.65. The summed E-state index contributed by atoms with van der Waals surface area (Å²) in [5.41, 5.74) is 0.438. The molecule has 2 aliphatic carbocycles. The fraction of sp³-hybridized carbons (Fsp3) is 0.647. The summed E-state index contributed by atoms with van der Waals surface area (Å²) in [5, 5.41) is 10.9. The minimum absolute atomic E-state index is 0.438. The van der Waals surface area contributed by atoms with Gasteiger partial charge in [0, 0.05) is 0 Å². The molecule has 0 aliphatic heterocycles. The van der Waals surface area contributed by atoms with Crippen LogP contribution in [0, 0.1) is 5.92 Å². The van der Waals surface area contributed by atoms with E-state index in [2.05, 4.69) is 6.92 Å². The van der Waals surface area contributed by atoms with Gasteiger partial charge in [0.1, 0.15) is 5.75 Å². The van der Waals surface area contributed by atoms with E-state index in [1.807, 2.05) is 24.3 Å². The Hall–Kier alpha value is -1.02. The summed E-state index contributed by atoms with van der Waals surface area (Å²) < 4.78 is 5.76. The molecule has 1 aromatic carbocycles. The van der Waals surface area contributed by atoms with Crippen molar-refractivity contribution in [2.24, 2.45) is 5.92 Å². The highest BCUT2D eigenvalue weighted by atomic mass is 16.5. The summed E-state index contributed by atoms with van der Waals surface area (Å²) in [5.74, 6) is 1.68. The van der Waals surface area contributed by atoms with Crippen molar-refractivity contribution in [3.05, 3.63) is 29.8 Å². The molecule has 2 aliphatic rings. The van der Waals surface area contributed by atoms with Crippen LogP contribution in [0.4, 0.5) is 0 Å². The lowest BCUT2D eigenvalue weighted by molar-refractivity contribution is 0.0198. The number of benzene rings is 1. The SMILES string of the molecule is CC1CCCC(O)(c2ccc(OC3CC3)cc2)CC1. The molecule has 0 heterocycles. The van der Waals surface area contributed by atoms with Gasteiger partial charge in [-0.05, 0) is 62.1 Å². The zero-order valence-corrected chi connectivity index (χ0v) is 11.8. The standard InChI is InChI=1S/C17H24O2/c1-13-3-2-11-17(18,12-10-13)14-4-6-15(7-5-14)19-16-8-9-16/h4-7,13,16,18H,2-3,8-12H2,1H3. The molecule has 2 nitrogen and oxygen atoms in total. The van der Waals surface area contributed by atoms with Crippen LogP contribution in [0.1, 0.15) is 57.4 Å². The molecule has 0 radical (unpaired) electrons. The maximum atomic E-state index is 10.9. The molecule has 3 rings (SSSR count). The van der Waals surface area contributed by atoms with Gasteiger partial charge in [-0.15, -0.1) is 0 Å². The van der Waals surface area contributed by atoms with Crippen LogP contribution in [0.15, 0.2) is 24.3 Å². The van der Waals surface area contributed by atoms with Gasteiger partial charge in [-0.2, -0.15) is 0 Å². The topological polar surface area (TPSA) is 29.5 Å². The summed E-state index contributed by atoms with van der Waals surface area (Å²) >= 11 is 0. The third-order valence-electron chi connectivity index (χ3n) is 4.56. The van der Waals surface area contributed by atoms with E-state index in [1.165, 1.54) is 19.3 Å². The van der Waals surface area contributed by atoms with E-state index in [9.17, 15) is 5.11 Å². The minimum Gasteiger partial charge on any atom is -0.490 e. The van der Waals surface area contributed by atoms with Gasteiger partial charge in [0.15, 0.2) is 0 Å². The molecule has 0 saturated heterocycles. The first kappa shape index (κ1) is 13.0. The predicted octanol–water partition coefficient (Wildman–Crippen LogP) is 4.02. The molecule has 1 N–H and O–H groups in total. The van der Waals surface area contributed by atoms with Gasteiger partial charge in [0.25, 0.3) is 0 Å². The van der Waals surface area contributed by atoms with E-state index in [0.29, 0.717) is 6.10 Å². The Bertz CT molecular complexity index is 421. The number of aliphatic hydroxyl groups is 1. The summed E-state index contributed by atoms with van der Waals surface area (Å²) in [6.45, 7) is 2.29. The second-order valence-electron chi connectivity index (χ2n) is 6.41. The lowest BCUT2D eigenvalue weighted by atomic mass is 9.86. The molecular formula is C17H24O2. The molecule has 0 aromatic heterocycles. The van der Waals surface area contributed by atoms with Crippen LogP contribution in [-0.2, 0) is 5.60 Å². The van der Waals surface area contributed by atoms with Gasteiger partial charge in [-0.1, -0.05) is 25.5 Å². The Morgan fingerprint density at radius 3 is 2.47 bits per heavy atom. The van der Waals surface area contributed by atoms with Crippen molar-refractivity contribution in [1.29, 1.82) is 0 Å². The van der Waals surface area contributed by atoms with Crippen molar-refractivity contribution in [3.8, 4) is 5.75 Å². The van der Waals surface area contributed by atoms with Crippen molar-refractivity contribution in [2.75, 3.05) is 0 Å². The Morgan fingerprint density at radius 1 is 1.05 bits per heavy atom. The number of hydrogen-bond donors (Lipinski definition) is 1. The predicted molar refractivity (Wildman–Crippen MR) is 76.2 cm³/mol. The largest absolute Gasteiger partial charge is 0.490 e. The Balaban J connectivity index is 1.72. The number of rotatable bonds is 3. The molecule has 104 valence electrons. The molecule has 0 spiro atoms. The lowest BCUT2D eigenvalue weighted by Gasteiger charge is -2.27. The van der Waals surface area contributed by atoms with Crippen molar-refractivity contribution in [2.45, 2.75) is 63.6 Å². The summed E-state index contributed by atoms with van der Waals surface area (Å²) in [6, 6.07) is 8.13. The molecule has 2 fully saturated rings. The first-order chi connectivity index (χ1) is 9.16. The van der Waals surface area contributed by atoms with Crippen molar-refractivity contribution < 1.29 is 9.84 Å². The average molecular weight is 260 g/mol. The maximum absolute atomic E-state index is 10.9. The van der Waals surface area contributed by atoms with Gasteiger partial charge in [0.2, 0.25) is 0 Å². The van der Waals surface area contributed by atoms with E-state index in [1.54, 1.807) is 0 Å². The summed E-state index contributed by atoms with van der Waals surface area (Å²) in [4.78, 5) is 0. The van der Waals surface area contributed by atoms with E-state index in [0.717, 1.165) is 42.9 Å². The molecule has 19 heavy (non-hydrogen) atoms. The number of hydrogen-bond acceptors (Lipinski definition) is 2. The van der Waals surface area contributed by atoms with Crippen LogP contribution in [-0.4, -0.2) is 11.2 Å². The maximum Gasteiger partial charge on any atom is 0.119 e. The smallest absolute Gasteiger partial charge is 0.119 e. The fourth-order valence-electron chi connectivity index (χ4n) is 3.01. The Labute approximate surface area is 115 Å². The van der Waals surface area contributed by atoms with Gasteiger partial charge in [0.05, 0.1) is 11.7 Å². The molecule has 2 saturated carbocycles. The van der Waals surface area contributed by atoms with Crippen LogP contribution in [0.2, 0.25) is 0 Å². The molecule has 0 amide bonds. The van der Waals surface area contributed by atoms with Crippen LogP contribution >= 0.6 is 0 Å². The molecule has 1 aromatic rings. The molecule has 2 heteroatoms. The monoisotopic (exact) mass is 260 g/mol. The van der Waals surface area contributed by atoms with Gasteiger partial charge < -0.3 is 9.84 Å². The normalized spacial score (nSPS) is 31.8. The van der Waals surface area contributed by atoms with Crippen LogP contribution in [0.25, 0.3) is 0 Å². The van der Waals surface area contributed by atoms with Gasteiger partial charge in [-0.3, -0.25) is 0 Å². The molecule has 2 atom stereocenters. The Morgan fingerprint density at radius 2 is 1.79 bits per heavy atom. The Kier molecular flexibility index (Phi) is 3.53. The first-order valence-corrected chi connectivity index (χ1v) is 7.65. The van der Waals surface area contributed by atoms with E-state index >= 15 is 0 Å². The second-order valence-corrected chi connectivity index (χ2v) is 6.41. The van der Waals surface area contributed by atoms with Crippen LogP contribution in [0.5, 0.6) is 5.75 Å². The van der Waals surface area contributed by atoms with Crippen molar-refractivity contribution >= 4 is 0 Å². The highest BCUT2D eigenvalue weighted by Crippen LogP contribution is 2.38.